The molecule has 3 N–H and O–H groups in total. The van der Waals surface area contributed by atoms with Crippen molar-refractivity contribution in [3.63, 3.8) is 0 Å². The van der Waals surface area contributed by atoms with Crippen LogP contribution in [0.3, 0.4) is 0 Å². The monoisotopic (exact) mass is 308 g/mol. The number of anilines is 2. The largest absolute Gasteiger partial charge is 0.397 e. The van der Waals surface area contributed by atoms with Gasteiger partial charge in [0, 0.05) is 24.5 Å². The number of pyridine rings is 1. The number of non-ortho nitro benzene ring substituents is 1. The molecular weight excluding hydrogens is 296 g/mol. The van der Waals surface area contributed by atoms with Crippen LogP contribution < -0.4 is 10.5 Å². The number of nitrogens with two attached hydrogens (primary N) is 1. The van der Waals surface area contributed by atoms with Gasteiger partial charge < -0.3 is 5.73 Å². The van der Waals surface area contributed by atoms with E-state index in [4.69, 9.17) is 5.73 Å². The third-order valence-corrected chi connectivity index (χ3v) is 4.20. The number of aromatic nitrogens is 1. The summed E-state index contributed by atoms with van der Waals surface area (Å²) in [5.74, 6) is 0. The van der Waals surface area contributed by atoms with Gasteiger partial charge in [0.15, 0.2) is 0 Å². The Balaban J connectivity index is 2.41. The molecule has 8 nitrogen and oxygen atoms in total. The fourth-order valence-electron chi connectivity index (χ4n) is 1.68. The van der Waals surface area contributed by atoms with Gasteiger partial charge in [0.05, 0.1) is 16.3 Å². The van der Waals surface area contributed by atoms with Crippen LogP contribution in [-0.4, -0.2) is 18.3 Å². The third-order valence-electron chi connectivity index (χ3n) is 2.76. The van der Waals surface area contributed by atoms with E-state index in [0.717, 1.165) is 18.2 Å². The highest BCUT2D eigenvalue weighted by molar-refractivity contribution is 7.92. The number of nitro benzene ring substituents is 1. The van der Waals surface area contributed by atoms with Gasteiger partial charge in [0.1, 0.15) is 4.90 Å². The van der Waals surface area contributed by atoms with Gasteiger partial charge in [0.25, 0.3) is 15.7 Å². The predicted octanol–water partition coefficient (Wildman–Crippen LogP) is 1.68. The number of nitrogens with zero attached hydrogens (tertiary/aromatic N) is 2. The number of benzene rings is 1. The van der Waals surface area contributed by atoms with Crippen LogP contribution in [0.15, 0.2) is 41.6 Å². The third kappa shape index (κ3) is 3.08. The molecule has 0 spiro atoms. The molecule has 0 aliphatic carbocycles. The van der Waals surface area contributed by atoms with Crippen molar-refractivity contribution in [3.8, 4) is 0 Å². The molecular formula is C12H12N4O4S. The summed E-state index contributed by atoms with van der Waals surface area (Å²) in [7, 11) is -3.93. The number of hydrogen-bond acceptors (Lipinski definition) is 6. The number of hydrogen-bond donors (Lipinski definition) is 2. The van der Waals surface area contributed by atoms with Crippen molar-refractivity contribution in [1.82, 2.24) is 4.98 Å². The molecule has 0 saturated carbocycles. The van der Waals surface area contributed by atoms with E-state index in [0.29, 0.717) is 11.3 Å². The Bertz CT molecular complexity index is 805. The molecule has 0 aliphatic rings. The second kappa shape index (κ2) is 5.37. The molecule has 0 amide bonds. The van der Waals surface area contributed by atoms with Crippen LogP contribution >= 0.6 is 0 Å². The molecule has 2 rings (SSSR count). The Morgan fingerprint density at radius 2 is 2.05 bits per heavy atom. The fourth-order valence-corrected chi connectivity index (χ4v) is 2.93. The number of nitrogen functional groups attached to an aromatic ring is 1. The average molecular weight is 308 g/mol. The van der Waals surface area contributed by atoms with E-state index < -0.39 is 14.9 Å². The first kappa shape index (κ1) is 14.7. The normalized spacial score (nSPS) is 11.1. The molecule has 9 heteroatoms. The van der Waals surface area contributed by atoms with Crippen molar-refractivity contribution in [3.05, 3.63) is 52.3 Å². The van der Waals surface area contributed by atoms with E-state index in [9.17, 15) is 18.5 Å². The van der Waals surface area contributed by atoms with Crippen LogP contribution in [0.2, 0.25) is 0 Å². The summed E-state index contributed by atoms with van der Waals surface area (Å²) in [6.07, 6.45) is 2.96. The van der Waals surface area contributed by atoms with Crippen LogP contribution in [-0.2, 0) is 10.0 Å². The van der Waals surface area contributed by atoms with E-state index in [1.54, 1.807) is 6.92 Å². The molecule has 0 atom stereocenters. The van der Waals surface area contributed by atoms with Crippen molar-refractivity contribution in [2.75, 3.05) is 10.5 Å². The zero-order valence-electron chi connectivity index (χ0n) is 11.0. The number of rotatable bonds is 4. The lowest BCUT2D eigenvalue weighted by Crippen LogP contribution is -2.15. The number of nitro groups is 1. The van der Waals surface area contributed by atoms with Gasteiger partial charge in [-0.15, -0.1) is 0 Å². The summed E-state index contributed by atoms with van der Waals surface area (Å²) >= 11 is 0. The van der Waals surface area contributed by atoms with Gasteiger partial charge >= 0.3 is 0 Å². The lowest BCUT2D eigenvalue weighted by atomic mass is 10.3. The van der Waals surface area contributed by atoms with Crippen LogP contribution in [0.4, 0.5) is 17.1 Å². The van der Waals surface area contributed by atoms with Crippen molar-refractivity contribution in [1.29, 1.82) is 0 Å². The van der Waals surface area contributed by atoms with Gasteiger partial charge in [-0.05, 0) is 24.6 Å². The first-order chi connectivity index (χ1) is 9.81. The second-order valence-electron chi connectivity index (χ2n) is 4.28. The maximum Gasteiger partial charge on any atom is 0.271 e. The maximum atomic E-state index is 12.3. The topological polar surface area (TPSA) is 128 Å². The zero-order chi connectivity index (χ0) is 15.6. The molecule has 1 aromatic carbocycles. The molecule has 0 radical (unpaired) electrons. The van der Waals surface area contributed by atoms with E-state index in [2.05, 4.69) is 9.71 Å². The van der Waals surface area contributed by atoms with Crippen LogP contribution in [0.25, 0.3) is 0 Å². The van der Waals surface area contributed by atoms with Crippen molar-refractivity contribution >= 4 is 27.1 Å². The molecule has 0 fully saturated rings. The first-order valence-electron chi connectivity index (χ1n) is 5.78. The smallest absolute Gasteiger partial charge is 0.271 e. The predicted molar refractivity (Wildman–Crippen MR) is 77.3 cm³/mol. The van der Waals surface area contributed by atoms with Crippen LogP contribution in [0.1, 0.15) is 5.56 Å². The summed E-state index contributed by atoms with van der Waals surface area (Å²) < 4.78 is 26.9. The molecule has 0 aliphatic heterocycles. The summed E-state index contributed by atoms with van der Waals surface area (Å²) in [4.78, 5) is 13.6. The van der Waals surface area contributed by atoms with E-state index in [1.165, 1.54) is 18.5 Å². The summed E-state index contributed by atoms with van der Waals surface area (Å²) in [6.45, 7) is 1.70. The first-order valence-corrected chi connectivity index (χ1v) is 7.27. The highest BCUT2D eigenvalue weighted by atomic mass is 32.2. The van der Waals surface area contributed by atoms with Crippen molar-refractivity contribution in [2.45, 2.75) is 11.8 Å². The molecule has 0 bridgehead atoms. The maximum absolute atomic E-state index is 12.3. The second-order valence-corrected chi connectivity index (χ2v) is 5.93. The SMILES string of the molecule is Cc1cnccc1NS(=O)(=O)c1ccc([N+](=O)[O-])cc1N. The molecule has 1 aromatic heterocycles. The lowest BCUT2D eigenvalue weighted by Gasteiger charge is -2.11. The van der Waals surface area contributed by atoms with Gasteiger partial charge in [-0.25, -0.2) is 8.42 Å². The summed E-state index contributed by atoms with van der Waals surface area (Å²) in [5.41, 5.74) is 6.14. The Kier molecular flexibility index (Phi) is 3.76. The van der Waals surface area contributed by atoms with Crippen molar-refractivity contribution < 1.29 is 13.3 Å². The van der Waals surface area contributed by atoms with Gasteiger partial charge in [-0.1, -0.05) is 0 Å². The van der Waals surface area contributed by atoms with E-state index in [-0.39, 0.29) is 16.3 Å². The van der Waals surface area contributed by atoms with E-state index >= 15 is 0 Å². The summed E-state index contributed by atoms with van der Waals surface area (Å²) in [5, 5.41) is 10.6. The van der Waals surface area contributed by atoms with Crippen LogP contribution in [0.5, 0.6) is 0 Å². The fraction of sp³-hybridized carbons (Fsp3) is 0.0833. The Hall–Kier alpha value is -2.68. The quantitative estimate of drug-likeness (QED) is 0.502. The number of aryl methyl sites for hydroxylation is 1. The Labute approximate surface area is 120 Å². The summed E-state index contributed by atoms with van der Waals surface area (Å²) in [6, 6.07) is 4.71. The number of nitrogens with one attached hydrogen (secondary N) is 1. The molecule has 1 heterocycles. The molecule has 0 unspecified atom stereocenters. The molecule has 2 aromatic rings. The van der Waals surface area contributed by atoms with Gasteiger partial charge in [-0.2, -0.15) is 0 Å². The highest BCUT2D eigenvalue weighted by Crippen LogP contribution is 2.26. The minimum absolute atomic E-state index is 0.191. The molecule has 110 valence electrons. The van der Waals surface area contributed by atoms with Gasteiger partial charge in [-0.3, -0.25) is 19.8 Å². The molecule has 21 heavy (non-hydrogen) atoms. The minimum atomic E-state index is -3.93. The minimum Gasteiger partial charge on any atom is -0.397 e. The van der Waals surface area contributed by atoms with E-state index in [1.807, 2.05) is 0 Å². The number of sulfonamides is 1. The Morgan fingerprint density at radius 3 is 2.62 bits per heavy atom. The lowest BCUT2D eigenvalue weighted by molar-refractivity contribution is -0.384. The zero-order valence-corrected chi connectivity index (χ0v) is 11.8. The standard InChI is InChI=1S/C12H12N4O4S/c1-8-7-14-5-4-11(8)15-21(19,20)12-3-2-9(16(17)18)6-10(12)13/h2-7H,13H2,1H3,(H,14,15). The molecule has 0 saturated heterocycles. The Morgan fingerprint density at radius 1 is 1.33 bits per heavy atom. The average Bonchev–Trinajstić information content (AvgIpc) is 2.40. The highest BCUT2D eigenvalue weighted by Gasteiger charge is 2.20. The van der Waals surface area contributed by atoms with Gasteiger partial charge in [0.2, 0.25) is 0 Å². The van der Waals surface area contributed by atoms with Crippen LogP contribution in [0, 0.1) is 17.0 Å². The van der Waals surface area contributed by atoms with Crippen molar-refractivity contribution in [2.24, 2.45) is 0 Å².